The molecule has 1 N–H and O–H groups in total. The summed E-state index contributed by atoms with van der Waals surface area (Å²) in [6.07, 6.45) is 7.66. The highest BCUT2D eigenvalue weighted by atomic mass is 79.9. The van der Waals surface area contributed by atoms with Crippen molar-refractivity contribution in [3.63, 3.8) is 0 Å². The molecular formula is C33H29BrN2O2. The minimum atomic E-state index is 0.284. The number of methoxy groups -OCH3 is 1. The number of aliphatic imine (C=N–C) groups is 1. The minimum absolute atomic E-state index is 0.284. The van der Waals surface area contributed by atoms with Gasteiger partial charge in [-0.15, -0.1) is 0 Å². The van der Waals surface area contributed by atoms with Crippen LogP contribution in [-0.2, 0) is 6.61 Å². The first-order valence-corrected chi connectivity index (χ1v) is 13.7. The summed E-state index contributed by atoms with van der Waals surface area (Å²) in [7, 11) is 1.65. The maximum atomic E-state index is 6.06. The zero-order valence-corrected chi connectivity index (χ0v) is 22.8. The van der Waals surface area contributed by atoms with Gasteiger partial charge in [0.2, 0.25) is 0 Å². The molecule has 4 aromatic carbocycles. The Balaban J connectivity index is 1.17. The summed E-state index contributed by atoms with van der Waals surface area (Å²) in [6, 6.07) is 31.6. The van der Waals surface area contributed by atoms with Crippen LogP contribution in [0.5, 0.6) is 11.5 Å². The number of benzene rings is 4. The number of para-hydroxylation sites is 1. The Morgan fingerprint density at radius 1 is 0.974 bits per heavy atom. The molecule has 3 atom stereocenters. The van der Waals surface area contributed by atoms with E-state index in [9.17, 15) is 0 Å². The second-order valence-electron chi connectivity index (χ2n) is 9.72. The molecule has 0 spiro atoms. The Kier molecular flexibility index (Phi) is 7.02. The first kappa shape index (κ1) is 24.5. The molecule has 0 saturated heterocycles. The third kappa shape index (κ3) is 4.99. The fraction of sp³-hybridized carbons (Fsp3) is 0.182. The van der Waals surface area contributed by atoms with Crippen molar-refractivity contribution in [1.82, 2.24) is 0 Å². The van der Waals surface area contributed by atoms with Gasteiger partial charge in [-0.25, -0.2) is 0 Å². The molecule has 38 heavy (non-hydrogen) atoms. The Labute approximate surface area is 232 Å². The van der Waals surface area contributed by atoms with E-state index in [-0.39, 0.29) is 6.04 Å². The molecule has 1 heterocycles. The van der Waals surface area contributed by atoms with Gasteiger partial charge in [-0.2, -0.15) is 0 Å². The maximum Gasteiger partial charge on any atom is 0.175 e. The third-order valence-electron chi connectivity index (χ3n) is 7.36. The number of hydrogen-bond acceptors (Lipinski definition) is 4. The van der Waals surface area contributed by atoms with E-state index in [0.29, 0.717) is 29.9 Å². The van der Waals surface area contributed by atoms with E-state index in [1.54, 1.807) is 7.11 Å². The van der Waals surface area contributed by atoms with Crippen molar-refractivity contribution in [2.45, 2.75) is 25.0 Å². The summed E-state index contributed by atoms with van der Waals surface area (Å²) in [5.41, 5.74) is 6.87. The quantitative estimate of drug-likeness (QED) is 0.180. The van der Waals surface area contributed by atoms with Crippen LogP contribution in [0, 0.1) is 5.92 Å². The third-order valence-corrected chi connectivity index (χ3v) is 7.95. The Morgan fingerprint density at radius 2 is 1.76 bits per heavy atom. The van der Waals surface area contributed by atoms with E-state index in [1.165, 1.54) is 16.8 Å². The number of rotatable bonds is 7. The fourth-order valence-electron chi connectivity index (χ4n) is 5.47. The minimum Gasteiger partial charge on any atom is -0.493 e. The maximum absolute atomic E-state index is 6.06. The molecule has 4 aromatic rings. The average Bonchev–Trinajstić information content (AvgIpc) is 3.46. The van der Waals surface area contributed by atoms with E-state index in [1.807, 2.05) is 48.7 Å². The van der Waals surface area contributed by atoms with E-state index >= 15 is 0 Å². The first-order valence-electron chi connectivity index (χ1n) is 12.9. The Hall–Kier alpha value is -3.83. The molecule has 0 bridgehead atoms. The summed E-state index contributed by atoms with van der Waals surface area (Å²) in [4.78, 5) is 4.73. The number of allylic oxidation sites excluding steroid dienone is 2. The topological polar surface area (TPSA) is 42.8 Å². The lowest BCUT2D eigenvalue weighted by Crippen LogP contribution is -2.28. The average molecular weight is 566 g/mol. The van der Waals surface area contributed by atoms with Gasteiger partial charge in [-0.1, -0.05) is 72.8 Å². The van der Waals surface area contributed by atoms with Crippen LogP contribution in [0.1, 0.15) is 40.6 Å². The predicted octanol–water partition coefficient (Wildman–Crippen LogP) is 8.61. The van der Waals surface area contributed by atoms with Gasteiger partial charge in [0, 0.05) is 17.8 Å². The molecule has 1 aliphatic heterocycles. The fourth-order valence-corrected chi connectivity index (χ4v) is 6.05. The summed E-state index contributed by atoms with van der Waals surface area (Å²) in [6.45, 7) is 0.467. The smallest absolute Gasteiger partial charge is 0.175 e. The van der Waals surface area contributed by atoms with Gasteiger partial charge in [0.1, 0.15) is 6.61 Å². The van der Waals surface area contributed by atoms with Crippen LogP contribution in [0.25, 0.3) is 0 Å². The molecule has 0 unspecified atom stereocenters. The van der Waals surface area contributed by atoms with Gasteiger partial charge < -0.3 is 14.8 Å². The second-order valence-corrected chi connectivity index (χ2v) is 10.6. The molecule has 190 valence electrons. The molecule has 0 saturated carbocycles. The monoisotopic (exact) mass is 564 g/mol. The number of anilines is 1. The van der Waals surface area contributed by atoms with E-state index in [4.69, 9.17) is 14.5 Å². The lowest BCUT2D eigenvalue weighted by molar-refractivity contribution is 0.282. The first-order chi connectivity index (χ1) is 18.7. The number of fused-ring (bicyclic) bond motifs is 3. The van der Waals surface area contributed by atoms with Crippen molar-refractivity contribution < 1.29 is 9.47 Å². The molecule has 1 aliphatic carbocycles. The standard InChI is InChI=1S/C33H29BrN2O2/c1-37-31-19-23(18-29(34)33(31)38-21-22-8-3-2-4-9-22)20-35-25-16-14-24(15-17-25)32-28-12-7-11-26(28)27-10-5-6-13-30(27)36-32/h2-11,13-20,26,28,32,36H,12,21H2,1H3/t26-,28-,32-/m0/s1. The van der Waals surface area contributed by atoms with Crippen LogP contribution in [0.15, 0.2) is 113 Å². The summed E-state index contributed by atoms with van der Waals surface area (Å²) < 4.78 is 12.5. The van der Waals surface area contributed by atoms with Crippen molar-refractivity contribution in [2.75, 3.05) is 12.4 Å². The van der Waals surface area contributed by atoms with Crippen LogP contribution >= 0.6 is 15.9 Å². The molecule has 0 aromatic heterocycles. The SMILES string of the molecule is COc1cc(C=Nc2ccc([C@@H]3Nc4ccccc4[C@@H]4C=CC[C@@H]43)cc2)cc(Br)c1OCc1ccccc1. The van der Waals surface area contributed by atoms with Crippen molar-refractivity contribution in [1.29, 1.82) is 0 Å². The number of nitrogens with zero attached hydrogens (tertiary/aromatic N) is 1. The molecular weight excluding hydrogens is 536 g/mol. The Bertz CT molecular complexity index is 1480. The van der Waals surface area contributed by atoms with Gasteiger partial charge >= 0.3 is 0 Å². The zero-order chi connectivity index (χ0) is 25.9. The molecule has 0 fully saturated rings. The molecule has 6 rings (SSSR count). The normalized spacial score (nSPS) is 19.6. The largest absolute Gasteiger partial charge is 0.493 e. The van der Waals surface area contributed by atoms with E-state index in [0.717, 1.165) is 27.7 Å². The van der Waals surface area contributed by atoms with Crippen molar-refractivity contribution >= 4 is 33.5 Å². The predicted molar refractivity (Wildman–Crippen MR) is 158 cm³/mol. The summed E-state index contributed by atoms with van der Waals surface area (Å²) in [5.74, 6) is 2.35. The highest BCUT2D eigenvalue weighted by Crippen LogP contribution is 2.49. The summed E-state index contributed by atoms with van der Waals surface area (Å²) in [5, 5.41) is 3.80. The van der Waals surface area contributed by atoms with Crippen molar-refractivity contribution in [3.8, 4) is 11.5 Å². The van der Waals surface area contributed by atoms with E-state index < -0.39 is 0 Å². The molecule has 0 radical (unpaired) electrons. The van der Waals surface area contributed by atoms with Crippen molar-refractivity contribution in [3.05, 3.63) is 130 Å². The lowest BCUT2D eigenvalue weighted by Gasteiger charge is -2.37. The number of ether oxygens (including phenoxy) is 2. The van der Waals surface area contributed by atoms with Gasteiger partial charge in [-0.05, 0) is 80.9 Å². The van der Waals surface area contributed by atoms with Crippen LogP contribution in [0.2, 0.25) is 0 Å². The molecule has 2 aliphatic rings. The highest BCUT2D eigenvalue weighted by molar-refractivity contribution is 9.10. The van der Waals surface area contributed by atoms with Crippen LogP contribution in [-0.4, -0.2) is 13.3 Å². The number of halogens is 1. The lowest BCUT2D eigenvalue weighted by atomic mass is 9.77. The highest BCUT2D eigenvalue weighted by Gasteiger charge is 2.37. The molecule has 0 amide bonds. The van der Waals surface area contributed by atoms with Gasteiger partial charge in [0.25, 0.3) is 0 Å². The van der Waals surface area contributed by atoms with Crippen LogP contribution in [0.3, 0.4) is 0 Å². The number of hydrogen-bond donors (Lipinski definition) is 1. The zero-order valence-electron chi connectivity index (χ0n) is 21.2. The van der Waals surface area contributed by atoms with Gasteiger partial charge in [0.15, 0.2) is 11.5 Å². The molecule has 5 heteroatoms. The van der Waals surface area contributed by atoms with Crippen LogP contribution in [0.4, 0.5) is 11.4 Å². The number of nitrogens with one attached hydrogen (secondary N) is 1. The van der Waals surface area contributed by atoms with Crippen LogP contribution < -0.4 is 14.8 Å². The molecule has 4 nitrogen and oxygen atoms in total. The van der Waals surface area contributed by atoms with Gasteiger partial charge in [-0.3, -0.25) is 4.99 Å². The van der Waals surface area contributed by atoms with Crippen molar-refractivity contribution in [2.24, 2.45) is 10.9 Å². The van der Waals surface area contributed by atoms with E-state index in [2.05, 4.69) is 81.9 Å². The van der Waals surface area contributed by atoms with Gasteiger partial charge in [0.05, 0.1) is 23.3 Å². The second kappa shape index (κ2) is 10.9. The summed E-state index contributed by atoms with van der Waals surface area (Å²) >= 11 is 3.65. The Morgan fingerprint density at radius 3 is 2.58 bits per heavy atom.